The number of piperidine rings is 1. The van der Waals surface area contributed by atoms with E-state index < -0.39 is 15.8 Å². The van der Waals surface area contributed by atoms with Gasteiger partial charge in [0, 0.05) is 48.2 Å². The number of aromatic nitrogens is 1. The minimum Gasteiger partial charge on any atom is -0.382 e. The molecule has 0 spiro atoms. The number of rotatable bonds is 4. The molecule has 8 heteroatoms. The molecule has 1 aromatic heterocycles. The van der Waals surface area contributed by atoms with Crippen molar-refractivity contribution < 1.29 is 12.8 Å². The standard InChI is InChI=1S/C22H21FN4O2S/c1-30(28,29)27-8-5-18(6-9-27)26-22-12-17(11-16-4-7-25-14-20(16)22)19-3-2-15(13-24)10-21(19)23/h2-4,7,10-12,14,18,26H,5-6,8-9H2,1H3. The van der Waals surface area contributed by atoms with E-state index in [2.05, 4.69) is 10.3 Å². The number of halogens is 1. The van der Waals surface area contributed by atoms with Gasteiger partial charge in [-0.25, -0.2) is 17.1 Å². The molecule has 0 bridgehead atoms. The molecule has 1 aliphatic heterocycles. The van der Waals surface area contributed by atoms with Crippen molar-refractivity contribution in [1.82, 2.24) is 9.29 Å². The van der Waals surface area contributed by atoms with Crippen molar-refractivity contribution in [2.45, 2.75) is 18.9 Å². The van der Waals surface area contributed by atoms with Crippen molar-refractivity contribution in [3.05, 3.63) is 60.2 Å². The van der Waals surface area contributed by atoms with E-state index in [4.69, 9.17) is 5.26 Å². The van der Waals surface area contributed by atoms with Gasteiger partial charge in [0.25, 0.3) is 0 Å². The maximum Gasteiger partial charge on any atom is 0.211 e. The van der Waals surface area contributed by atoms with Crippen molar-refractivity contribution in [3.63, 3.8) is 0 Å². The molecule has 4 rings (SSSR count). The highest BCUT2D eigenvalue weighted by molar-refractivity contribution is 7.88. The van der Waals surface area contributed by atoms with Gasteiger partial charge < -0.3 is 5.32 Å². The molecule has 1 fully saturated rings. The first kappa shape index (κ1) is 20.3. The molecule has 2 heterocycles. The van der Waals surface area contributed by atoms with Crippen LogP contribution in [0, 0.1) is 17.1 Å². The number of fused-ring (bicyclic) bond motifs is 1. The second-order valence-corrected chi connectivity index (χ2v) is 9.49. The van der Waals surface area contributed by atoms with E-state index in [0.29, 0.717) is 37.1 Å². The Hall–Kier alpha value is -3.02. The third-order valence-corrected chi connectivity index (χ3v) is 6.75. The summed E-state index contributed by atoms with van der Waals surface area (Å²) < 4.78 is 39.6. The average Bonchev–Trinajstić information content (AvgIpc) is 2.73. The predicted molar refractivity (Wildman–Crippen MR) is 115 cm³/mol. The van der Waals surface area contributed by atoms with Gasteiger partial charge in [-0.15, -0.1) is 0 Å². The number of nitriles is 1. The van der Waals surface area contributed by atoms with E-state index in [9.17, 15) is 12.8 Å². The van der Waals surface area contributed by atoms with E-state index in [1.165, 1.54) is 16.6 Å². The molecule has 0 radical (unpaired) electrons. The van der Waals surface area contributed by atoms with Crippen LogP contribution in [0.25, 0.3) is 21.9 Å². The lowest BCUT2D eigenvalue weighted by molar-refractivity contribution is 0.332. The van der Waals surface area contributed by atoms with E-state index >= 15 is 0 Å². The van der Waals surface area contributed by atoms with Crippen molar-refractivity contribution in [2.75, 3.05) is 24.7 Å². The molecule has 30 heavy (non-hydrogen) atoms. The maximum absolute atomic E-state index is 14.6. The Labute approximate surface area is 175 Å². The molecule has 1 saturated heterocycles. The monoisotopic (exact) mass is 424 g/mol. The number of hydrogen-bond acceptors (Lipinski definition) is 5. The van der Waals surface area contributed by atoms with Crippen LogP contribution < -0.4 is 5.32 Å². The minimum absolute atomic E-state index is 0.104. The Morgan fingerprint density at radius 1 is 1.20 bits per heavy atom. The number of benzene rings is 2. The SMILES string of the molecule is CS(=O)(=O)N1CCC(Nc2cc(-c3ccc(C#N)cc3F)cc3ccncc23)CC1. The quantitative estimate of drug-likeness (QED) is 0.689. The number of nitrogens with zero attached hydrogens (tertiary/aromatic N) is 3. The minimum atomic E-state index is -3.18. The van der Waals surface area contributed by atoms with Gasteiger partial charge >= 0.3 is 0 Å². The molecule has 0 unspecified atom stereocenters. The molecule has 154 valence electrons. The predicted octanol–water partition coefficient (Wildman–Crippen LogP) is 3.75. The fourth-order valence-electron chi connectivity index (χ4n) is 3.84. The second kappa shape index (κ2) is 8.01. The highest BCUT2D eigenvalue weighted by Gasteiger charge is 2.25. The number of sulfonamides is 1. The number of pyridine rings is 1. The fraction of sp³-hybridized carbons (Fsp3) is 0.273. The molecule has 0 saturated carbocycles. The summed E-state index contributed by atoms with van der Waals surface area (Å²) in [7, 11) is -3.18. The average molecular weight is 425 g/mol. The highest BCUT2D eigenvalue weighted by Crippen LogP contribution is 2.33. The second-order valence-electron chi connectivity index (χ2n) is 7.51. The molecule has 0 aliphatic carbocycles. The van der Waals surface area contributed by atoms with Crippen LogP contribution in [0.15, 0.2) is 48.8 Å². The molecular formula is C22H21FN4O2S. The lowest BCUT2D eigenvalue weighted by Crippen LogP contribution is -2.41. The summed E-state index contributed by atoms with van der Waals surface area (Å²) in [6.07, 6.45) is 6.06. The lowest BCUT2D eigenvalue weighted by atomic mass is 9.98. The first-order valence-electron chi connectivity index (χ1n) is 9.64. The van der Waals surface area contributed by atoms with E-state index in [1.807, 2.05) is 24.3 Å². The van der Waals surface area contributed by atoms with Crippen LogP contribution in [0.5, 0.6) is 0 Å². The van der Waals surface area contributed by atoms with Gasteiger partial charge in [-0.05, 0) is 54.1 Å². The largest absolute Gasteiger partial charge is 0.382 e. The molecular weight excluding hydrogens is 403 g/mol. The van der Waals surface area contributed by atoms with Crippen LogP contribution >= 0.6 is 0 Å². The van der Waals surface area contributed by atoms with Crippen LogP contribution in [-0.4, -0.2) is 43.1 Å². The van der Waals surface area contributed by atoms with E-state index in [1.54, 1.807) is 24.5 Å². The molecule has 2 aromatic carbocycles. The zero-order valence-electron chi connectivity index (χ0n) is 16.5. The molecule has 0 amide bonds. The van der Waals surface area contributed by atoms with Crippen molar-refractivity contribution >= 4 is 26.5 Å². The molecule has 0 atom stereocenters. The lowest BCUT2D eigenvalue weighted by Gasteiger charge is -2.31. The number of nitrogens with one attached hydrogen (secondary N) is 1. The topological polar surface area (TPSA) is 86.1 Å². The fourth-order valence-corrected chi connectivity index (χ4v) is 4.72. The molecule has 6 nitrogen and oxygen atoms in total. The number of anilines is 1. The highest BCUT2D eigenvalue weighted by atomic mass is 32.2. The van der Waals surface area contributed by atoms with Gasteiger partial charge in [0.15, 0.2) is 0 Å². The van der Waals surface area contributed by atoms with E-state index in [-0.39, 0.29) is 11.6 Å². The summed E-state index contributed by atoms with van der Waals surface area (Å²) in [4.78, 5) is 4.22. The van der Waals surface area contributed by atoms with Crippen LogP contribution in [0.2, 0.25) is 0 Å². The van der Waals surface area contributed by atoms with Crippen LogP contribution in [-0.2, 0) is 10.0 Å². The third kappa shape index (κ3) is 4.13. The van der Waals surface area contributed by atoms with Gasteiger partial charge in [0.05, 0.1) is 17.9 Å². The third-order valence-electron chi connectivity index (χ3n) is 5.45. The van der Waals surface area contributed by atoms with Crippen LogP contribution in [0.3, 0.4) is 0 Å². The van der Waals surface area contributed by atoms with Crippen molar-refractivity contribution in [1.29, 1.82) is 5.26 Å². The summed E-state index contributed by atoms with van der Waals surface area (Å²) >= 11 is 0. The van der Waals surface area contributed by atoms with Gasteiger partial charge in [-0.3, -0.25) is 4.98 Å². The van der Waals surface area contributed by atoms with Crippen molar-refractivity contribution in [3.8, 4) is 17.2 Å². The van der Waals surface area contributed by atoms with Crippen LogP contribution in [0.1, 0.15) is 18.4 Å². The normalized spacial score (nSPS) is 15.8. The smallest absolute Gasteiger partial charge is 0.211 e. The first-order valence-corrected chi connectivity index (χ1v) is 11.5. The molecule has 3 aromatic rings. The summed E-state index contributed by atoms with van der Waals surface area (Å²) in [5.41, 5.74) is 2.23. The van der Waals surface area contributed by atoms with E-state index in [0.717, 1.165) is 16.5 Å². The van der Waals surface area contributed by atoms with Gasteiger partial charge in [0.1, 0.15) is 5.82 Å². The zero-order chi connectivity index (χ0) is 21.3. The maximum atomic E-state index is 14.6. The summed E-state index contributed by atoms with van der Waals surface area (Å²) in [5.74, 6) is -0.449. The summed E-state index contributed by atoms with van der Waals surface area (Å²) in [6.45, 7) is 0.938. The van der Waals surface area contributed by atoms with Gasteiger partial charge in [0.2, 0.25) is 10.0 Å². The Bertz CT molecular complexity index is 1250. The Kier molecular flexibility index (Phi) is 5.41. The number of hydrogen-bond donors (Lipinski definition) is 1. The van der Waals surface area contributed by atoms with Gasteiger partial charge in [-0.2, -0.15) is 5.26 Å². The Morgan fingerprint density at radius 2 is 1.97 bits per heavy atom. The zero-order valence-corrected chi connectivity index (χ0v) is 17.3. The van der Waals surface area contributed by atoms with Gasteiger partial charge in [-0.1, -0.05) is 6.07 Å². The molecule has 1 aliphatic rings. The Balaban J connectivity index is 1.67. The van der Waals surface area contributed by atoms with Crippen LogP contribution in [0.4, 0.5) is 10.1 Å². The Morgan fingerprint density at radius 3 is 2.63 bits per heavy atom. The first-order chi connectivity index (χ1) is 14.3. The summed E-state index contributed by atoms with van der Waals surface area (Å²) in [5, 5.41) is 14.3. The summed E-state index contributed by atoms with van der Waals surface area (Å²) in [6, 6.07) is 12.2. The van der Waals surface area contributed by atoms with Crippen molar-refractivity contribution in [2.24, 2.45) is 0 Å². The molecule has 1 N–H and O–H groups in total.